The highest BCUT2D eigenvalue weighted by Crippen LogP contribution is 2.28. The zero-order chi connectivity index (χ0) is 13.9. The number of H-pyrrole nitrogens is 1. The molecule has 0 aliphatic heterocycles. The van der Waals surface area contributed by atoms with Crippen LogP contribution in [-0.4, -0.2) is 12.1 Å². The Kier molecular flexibility index (Phi) is 3.65. The van der Waals surface area contributed by atoms with Crippen LogP contribution in [0.1, 0.15) is 5.56 Å². The molecule has 0 bridgehead atoms. The predicted octanol–water partition coefficient (Wildman–Crippen LogP) is 4.55. The summed E-state index contributed by atoms with van der Waals surface area (Å²) >= 11 is 3.46. The minimum absolute atomic E-state index is 0.767. The van der Waals surface area contributed by atoms with E-state index in [9.17, 15) is 0 Å². The summed E-state index contributed by atoms with van der Waals surface area (Å²) in [7, 11) is 1.67. The van der Waals surface area contributed by atoms with E-state index in [0.717, 1.165) is 22.5 Å². The predicted molar refractivity (Wildman–Crippen MR) is 86.3 cm³/mol. The molecule has 20 heavy (non-hydrogen) atoms. The summed E-state index contributed by atoms with van der Waals surface area (Å²) in [4.78, 5) is 3.28. The number of ether oxygens (including phenoxy) is 1. The molecule has 0 saturated heterocycles. The Bertz CT molecular complexity index is 736. The summed E-state index contributed by atoms with van der Waals surface area (Å²) in [6.45, 7) is 0.767. The fourth-order valence-corrected chi connectivity index (χ4v) is 2.67. The van der Waals surface area contributed by atoms with Crippen molar-refractivity contribution in [2.75, 3.05) is 12.4 Å². The average Bonchev–Trinajstić information content (AvgIpc) is 2.95. The molecular formula is C16H15BrN2O. The Labute approximate surface area is 126 Å². The zero-order valence-corrected chi connectivity index (χ0v) is 12.7. The lowest BCUT2D eigenvalue weighted by atomic mass is 10.1. The van der Waals surface area contributed by atoms with Crippen LogP contribution < -0.4 is 10.1 Å². The zero-order valence-electron chi connectivity index (χ0n) is 11.1. The molecule has 0 amide bonds. The lowest BCUT2D eigenvalue weighted by Gasteiger charge is -2.10. The molecule has 0 radical (unpaired) electrons. The molecule has 2 aromatic carbocycles. The molecule has 3 nitrogen and oxygen atoms in total. The van der Waals surface area contributed by atoms with E-state index in [4.69, 9.17) is 4.74 Å². The number of aromatic amines is 1. The summed E-state index contributed by atoms with van der Waals surface area (Å²) in [5.41, 5.74) is 3.46. The van der Waals surface area contributed by atoms with Crippen LogP contribution in [-0.2, 0) is 6.54 Å². The second-order valence-electron chi connectivity index (χ2n) is 4.56. The third-order valence-corrected chi connectivity index (χ3v) is 3.96. The SMILES string of the molecule is COc1cc(NCc2cccc3cc[nH]c23)ccc1Br. The number of para-hydroxylation sites is 1. The van der Waals surface area contributed by atoms with Gasteiger partial charge in [0.1, 0.15) is 5.75 Å². The van der Waals surface area contributed by atoms with Crippen molar-refractivity contribution in [2.24, 2.45) is 0 Å². The van der Waals surface area contributed by atoms with Crippen molar-refractivity contribution in [2.45, 2.75) is 6.54 Å². The first-order chi connectivity index (χ1) is 9.78. The van der Waals surface area contributed by atoms with Crippen molar-refractivity contribution in [1.29, 1.82) is 0 Å². The first-order valence-corrected chi connectivity index (χ1v) is 7.19. The molecule has 0 spiro atoms. The summed E-state index contributed by atoms with van der Waals surface area (Å²) in [5.74, 6) is 0.827. The molecule has 0 unspecified atom stereocenters. The minimum Gasteiger partial charge on any atom is -0.495 e. The van der Waals surface area contributed by atoms with Crippen LogP contribution in [0.15, 0.2) is 53.1 Å². The van der Waals surface area contributed by atoms with Crippen LogP contribution in [0.25, 0.3) is 10.9 Å². The molecule has 3 aromatic rings. The molecule has 4 heteroatoms. The maximum Gasteiger partial charge on any atom is 0.135 e. The van der Waals surface area contributed by atoms with Crippen molar-refractivity contribution in [3.05, 3.63) is 58.7 Å². The van der Waals surface area contributed by atoms with E-state index in [1.807, 2.05) is 24.4 Å². The summed E-state index contributed by atoms with van der Waals surface area (Å²) in [6, 6.07) is 14.4. The van der Waals surface area contributed by atoms with E-state index < -0.39 is 0 Å². The highest BCUT2D eigenvalue weighted by molar-refractivity contribution is 9.10. The maximum absolute atomic E-state index is 5.30. The van der Waals surface area contributed by atoms with Crippen molar-refractivity contribution in [1.82, 2.24) is 4.98 Å². The average molecular weight is 331 g/mol. The Balaban J connectivity index is 1.81. The summed E-state index contributed by atoms with van der Waals surface area (Å²) < 4.78 is 6.26. The number of nitrogens with one attached hydrogen (secondary N) is 2. The van der Waals surface area contributed by atoms with Gasteiger partial charge in [0, 0.05) is 24.5 Å². The van der Waals surface area contributed by atoms with Crippen LogP contribution in [0.2, 0.25) is 0 Å². The largest absolute Gasteiger partial charge is 0.495 e. The Morgan fingerprint density at radius 1 is 1.20 bits per heavy atom. The van der Waals surface area contributed by atoms with E-state index in [1.54, 1.807) is 7.11 Å². The quantitative estimate of drug-likeness (QED) is 0.736. The van der Waals surface area contributed by atoms with E-state index in [-0.39, 0.29) is 0 Å². The van der Waals surface area contributed by atoms with Crippen LogP contribution >= 0.6 is 15.9 Å². The van der Waals surface area contributed by atoms with Gasteiger partial charge in [0.05, 0.1) is 17.1 Å². The lowest BCUT2D eigenvalue weighted by molar-refractivity contribution is 0.412. The molecular weight excluding hydrogens is 316 g/mol. The molecule has 1 heterocycles. The van der Waals surface area contributed by atoms with E-state index in [0.29, 0.717) is 0 Å². The van der Waals surface area contributed by atoms with Gasteiger partial charge in [-0.3, -0.25) is 0 Å². The molecule has 3 rings (SSSR count). The molecule has 102 valence electrons. The van der Waals surface area contributed by atoms with Gasteiger partial charge in [-0.05, 0) is 45.1 Å². The first kappa shape index (κ1) is 13.1. The Morgan fingerprint density at radius 3 is 2.95 bits per heavy atom. The highest BCUT2D eigenvalue weighted by atomic mass is 79.9. The van der Waals surface area contributed by atoms with Crippen LogP contribution in [0.5, 0.6) is 5.75 Å². The molecule has 0 saturated carbocycles. The van der Waals surface area contributed by atoms with E-state index >= 15 is 0 Å². The van der Waals surface area contributed by atoms with Gasteiger partial charge in [-0.25, -0.2) is 0 Å². The van der Waals surface area contributed by atoms with Crippen LogP contribution in [0.3, 0.4) is 0 Å². The number of hydrogen-bond donors (Lipinski definition) is 2. The Morgan fingerprint density at radius 2 is 2.10 bits per heavy atom. The second-order valence-corrected chi connectivity index (χ2v) is 5.42. The van der Waals surface area contributed by atoms with Gasteiger partial charge in [0.2, 0.25) is 0 Å². The molecule has 0 atom stereocenters. The minimum atomic E-state index is 0.767. The van der Waals surface area contributed by atoms with Crippen molar-refractivity contribution in [3.63, 3.8) is 0 Å². The Hall–Kier alpha value is -1.94. The van der Waals surface area contributed by atoms with Crippen LogP contribution in [0, 0.1) is 0 Å². The van der Waals surface area contributed by atoms with Gasteiger partial charge < -0.3 is 15.0 Å². The summed E-state index contributed by atoms with van der Waals surface area (Å²) in [5, 5.41) is 4.66. The first-order valence-electron chi connectivity index (χ1n) is 6.40. The lowest BCUT2D eigenvalue weighted by Crippen LogP contribution is -2.00. The molecule has 0 aliphatic carbocycles. The van der Waals surface area contributed by atoms with Crippen molar-refractivity contribution < 1.29 is 4.74 Å². The van der Waals surface area contributed by atoms with E-state index in [1.165, 1.54) is 16.5 Å². The van der Waals surface area contributed by atoms with Gasteiger partial charge in [0.15, 0.2) is 0 Å². The number of hydrogen-bond acceptors (Lipinski definition) is 2. The number of rotatable bonds is 4. The second kappa shape index (κ2) is 5.59. The van der Waals surface area contributed by atoms with Crippen LogP contribution in [0.4, 0.5) is 5.69 Å². The molecule has 2 N–H and O–H groups in total. The smallest absolute Gasteiger partial charge is 0.135 e. The van der Waals surface area contributed by atoms with Crippen molar-refractivity contribution in [3.8, 4) is 5.75 Å². The molecule has 0 aliphatic rings. The van der Waals surface area contributed by atoms with Crippen molar-refractivity contribution >= 4 is 32.5 Å². The highest BCUT2D eigenvalue weighted by Gasteiger charge is 2.04. The van der Waals surface area contributed by atoms with Gasteiger partial charge in [0.25, 0.3) is 0 Å². The number of anilines is 1. The number of aromatic nitrogens is 1. The fourth-order valence-electron chi connectivity index (χ4n) is 2.26. The van der Waals surface area contributed by atoms with Gasteiger partial charge >= 0.3 is 0 Å². The van der Waals surface area contributed by atoms with E-state index in [2.05, 4.69) is 50.5 Å². The van der Waals surface area contributed by atoms with Gasteiger partial charge in [-0.15, -0.1) is 0 Å². The number of fused-ring (bicyclic) bond motifs is 1. The topological polar surface area (TPSA) is 37.0 Å². The monoisotopic (exact) mass is 330 g/mol. The fraction of sp³-hybridized carbons (Fsp3) is 0.125. The number of halogens is 1. The molecule has 1 aromatic heterocycles. The third kappa shape index (κ3) is 2.51. The maximum atomic E-state index is 5.30. The van der Waals surface area contributed by atoms with Gasteiger partial charge in [-0.1, -0.05) is 18.2 Å². The third-order valence-electron chi connectivity index (χ3n) is 3.31. The summed E-state index contributed by atoms with van der Waals surface area (Å²) in [6.07, 6.45) is 1.97. The standard InChI is InChI=1S/C16H15BrN2O/c1-20-15-9-13(5-6-14(15)17)19-10-12-4-2-3-11-7-8-18-16(11)12/h2-9,18-19H,10H2,1H3. The molecule has 0 fully saturated rings. The van der Waals surface area contributed by atoms with Gasteiger partial charge in [-0.2, -0.15) is 0 Å². The number of methoxy groups -OCH3 is 1. The normalized spacial score (nSPS) is 10.7. The number of benzene rings is 2.